The van der Waals surface area contributed by atoms with E-state index in [9.17, 15) is 4.79 Å². The number of morpholine rings is 1. The summed E-state index contributed by atoms with van der Waals surface area (Å²) in [5.74, 6) is 0.0689. The molecule has 3 aliphatic rings. The van der Waals surface area contributed by atoms with Crippen molar-refractivity contribution < 1.29 is 19.0 Å². The van der Waals surface area contributed by atoms with Gasteiger partial charge < -0.3 is 19.1 Å². The molecule has 4 rings (SSSR count). The van der Waals surface area contributed by atoms with E-state index in [1.807, 2.05) is 29.2 Å². The van der Waals surface area contributed by atoms with Gasteiger partial charge in [0.2, 0.25) is 5.91 Å². The molecule has 1 aromatic carbocycles. The lowest BCUT2D eigenvalue weighted by Crippen LogP contribution is -2.57. The van der Waals surface area contributed by atoms with E-state index >= 15 is 0 Å². The highest BCUT2D eigenvalue weighted by atomic mass is 16.6. The summed E-state index contributed by atoms with van der Waals surface area (Å²) in [5, 5.41) is 0. The number of benzene rings is 1. The lowest BCUT2D eigenvalue weighted by atomic mass is 9.85. The SMILES string of the molecule is O=C(/C=C/CN1CCOCC1)N1CC[C@]2(CCCO2)[C@H](OCc2ccccc2)C1. The first-order valence-electron chi connectivity index (χ1n) is 10.8. The third-order valence-corrected chi connectivity index (χ3v) is 6.25. The average molecular weight is 401 g/mol. The number of piperidine rings is 1. The molecule has 0 aromatic heterocycles. The van der Waals surface area contributed by atoms with Crippen molar-refractivity contribution in [3.63, 3.8) is 0 Å². The summed E-state index contributed by atoms with van der Waals surface area (Å²) in [6.45, 7) is 6.86. The Balaban J connectivity index is 1.34. The molecule has 3 fully saturated rings. The molecule has 0 aliphatic carbocycles. The summed E-state index contributed by atoms with van der Waals surface area (Å²) in [4.78, 5) is 17.0. The number of carbonyl (C=O) groups excluding carboxylic acids is 1. The minimum Gasteiger partial charge on any atom is -0.379 e. The number of amides is 1. The third-order valence-electron chi connectivity index (χ3n) is 6.25. The van der Waals surface area contributed by atoms with E-state index in [1.54, 1.807) is 6.08 Å². The topological polar surface area (TPSA) is 51.2 Å². The van der Waals surface area contributed by atoms with E-state index < -0.39 is 0 Å². The van der Waals surface area contributed by atoms with Gasteiger partial charge in [0.05, 0.1) is 25.4 Å². The van der Waals surface area contributed by atoms with Crippen LogP contribution in [0.15, 0.2) is 42.5 Å². The second-order valence-electron chi connectivity index (χ2n) is 8.15. The Labute approximate surface area is 173 Å². The lowest BCUT2D eigenvalue weighted by molar-refractivity contribution is -0.165. The molecule has 6 nitrogen and oxygen atoms in total. The number of carbonyl (C=O) groups is 1. The van der Waals surface area contributed by atoms with Crippen molar-refractivity contribution in [3.8, 4) is 0 Å². The van der Waals surface area contributed by atoms with Crippen LogP contribution in [0.3, 0.4) is 0 Å². The Morgan fingerprint density at radius 3 is 2.72 bits per heavy atom. The number of likely N-dealkylation sites (tertiary alicyclic amines) is 1. The zero-order valence-electron chi connectivity index (χ0n) is 17.1. The highest BCUT2D eigenvalue weighted by molar-refractivity contribution is 5.87. The lowest BCUT2D eigenvalue weighted by Gasteiger charge is -2.44. The van der Waals surface area contributed by atoms with Gasteiger partial charge in [-0.05, 0) is 24.8 Å². The molecule has 3 aliphatic heterocycles. The first-order valence-corrected chi connectivity index (χ1v) is 10.8. The maximum absolute atomic E-state index is 12.8. The molecule has 0 N–H and O–H groups in total. The molecular formula is C23H32N2O4. The van der Waals surface area contributed by atoms with Gasteiger partial charge in [-0.1, -0.05) is 36.4 Å². The number of hydrogen-bond acceptors (Lipinski definition) is 5. The van der Waals surface area contributed by atoms with Crippen LogP contribution in [0.2, 0.25) is 0 Å². The number of ether oxygens (including phenoxy) is 3. The van der Waals surface area contributed by atoms with Crippen LogP contribution < -0.4 is 0 Å². The zero-order valence-corrected chi connectivity index (χ0v) is 17.1. The molecule has 1 aromatic rings. The van der Waals surface area contributed by atoms with Crippen molar-refractivity contribution in [1.29, 1.82) is 0 Å². The quantitative estimate of drug-likeness (QED) is 0.686. The fourth-order valence-electron chi connectivity index (χ4n) is 4.48. The predicted octanol–water partition coefficient (Wildman–Crippen LogP) is 2.24. The van der Waals surface area contributed by atoms with Crippen molar-refractivity contribution in [1.82, 2.24) is 9.80 Å². The van der Waals surface area contributed by atoms with Crippen LogP contribution in [0.4, 0.5) is 0 Å². The highest BCUT2D eigenvalue weighted by Crippen LogP contribution is 2.38. The molecule has 29 heavy (non-hydrogen) atoms. The molecular weight excluding hydrogens is 368 g/mol. The first kappa shape index (κ1) is 20.5. The van der Waals surface area contributed by atoms with E-state index in [2.05, 4.69) is 17.0 Å². The van der Waals surface area contributed by atoms with Gasteiger partial charge in [-0.3, -0.25) is 9.69 Å². The Morgan fingerprint density at radius 2 is 1.97 bits per heavy atom. The maximum atomic E-state index is 12.8. The van der Waals surface area contributed by atoms with Crippen molar-refractivity contribution >= 4 is 5.91 Å². The summed E-state index contributed by atoms with van der Waals surface area (Å²) < 4.78 is 17.9. The van der Waals surface area contributed by atoms with Crippen LogP contribution >= 0.6 is 0 Å². The number of hydrogen-bond donors (Lipinski definition) is 0. The van der Waals surface area contributed by atoms with Crippen LogP contribution in [0.25, 0.3) is 0 Å². The van der Waals surface area contributed by atoms with Crippen LogP contribution in [0.5, 0.6) is 0 Å². The van der Waals surface area contributed by atoms with E-state index in [0.29, 0.717) is 13.2 Å². The van der Waals surface area contributed by atoms with E-state index in [0.717, 1.165) is 70.8 Å². The van der Waals surface area contributed by atoms with E-state index in [1.165, 1.54) is 0 Å². The third kappa shape index (κ3) is 5.25. The summed E-state index contributed by atoms with van der Waals surface area (Å²) in [5.41, 5.74) is 0.915. The van der Waals surface area contributed by atoms with Crippen LogP contribution in [0, 0.1) is 0 Å². The molecule has 1 spiro atoms. The van der Waals surface area contributed by atoms with Gasteiger partial charge in [0, 0.05) is 45.4 Å². The Hall–Kier alpha value is -1.73. The zero-order chi connectivity index (χ0) is 19.9. The van der Waals surface area contributed by atoms with Crippen molar-refractivity contribution in [2.24, 2.45) is 0 Å². The fraction of sp³-hybridized carbons (Fsp3) is 0.609. The predicted molar refractivity (Wildman–Crippen MR) is 111 cm³/mol. The number of nitrogens with zero attached hydrogens (tertiary/aromatic N) is 2. The molecule has 6 heteroatoms. The highest BCUT2D eigenvalue weighted by Gasteiger charge is 2.47. The summed E-state index contributed by atoms with van der Waals surface area (Å²) in [6.07, 6.45) is 6.53. The minimum absolute atomic E-state index is 0.0689. The van der Waals surface area contributed by atoms with Crippen molar-refractivity contribution in [2.75, 3.05) is 52.5 Å². The van der Waals surface area contributed by atoms with E-state index in [4.69, 9.17) is 14.2 Å². The van der Waals surface area contributed by atoms with Gasteiger partial charge in [0.25, 0.3) is 0 Å². The first-order chi connectivity index (χ1) is 14.3. The van der Waals surface area contributed by atoms with Crippen LogP contribution in [0.1, 0.15) is 24.8 Å². The van der Waals surface area contributed by atoms with Gasteiger partial charge in [-0.2, -0.15) is 0 Å². The van der Waals surface area contributed by atoms with Crippen LogP contribution in [-0.2, 0) is 25.6 Å². The number of rotatable bonds is 6. The molecule has 3 heterocycles. The largest absolute Gasteiger partial charge is 0.379 e. The van der Waals surface area contributed by atoms with Crippen LogP contribution in [-0.4, -0.2) is 80.0 Å². The smallest absolute Gasteiger partial charge is 0.246 e. The molecule has 3 saturated heterocycles. The van der Waals surface area contributed by atoms with Gasteiger partial charge in [-0.15, -0.1) is 0 Å². The molecule has 0 radical (unpaired) electrons. The summed E-state index contributed by atoms with van der Waals surface area (Å²) in [6, 6.07) is 10.2. The second-order valence-corrected chi connectivity index (χ2v) is 8.15. The van der Waals surface area contributed by atoms with Gasteiger partial charge in [-0.25, -0.2) is 0 Å². The Kier molecular flexibility index (Phi) is 6.98. The Morgan fingerprint density at radius 1 is 1.14 bits per heavy atom. The van der Waals surface area contributed by atoms with Crippen molar-refractivity contribution in [2.45, 2.75) is 37.6 Å². The fourth-order valence-corrected chi connectivity index (χ4v) is 4.48. The standard InChI is InChI=1S/C23H32N2O4/c26-22(8-4-11-24-13-16-27-17-14-24)25-12-10-23(9-5-15-29-23)21(18-25)28-19-20-6-2-1-3-7-20/h1-4,6-8,21H,5,9-19H2/b8-4+/t21-,23-/m1/s1. The molecule has 0 bridgehead atoms. The monoisotopic (exact) mass is 400 g/mol. The Bertz CT molecular complexity index is 681. The van der Waals surface area contributed by atoms with Gasteiger partial charge in [0.15, 0.2) is 0 Å². The minimum atomic E-state index is -0.233. The summed E-state index contributed by atoms with van der Waals surface area (Å²) >= 11 is 0. The molecule has 158 valence electrons. The van der Waals surface area contributed by atoms with Crippen molar-refractivity contribution in [3.05, 3.63) is 48.0 Å². The normalized spacial score (nSPS) is 28.4. The molecule has 0 unspecified atom stereocenters. The summed E-state index contributed by atoms with van der Waals surface area (Å²) in [7, 11) is 0. The average Bonchev–Trinajstić information content (AvgIpc) is 3.24. The van der Waals surface area contributed by atoms with Gasteiger partial charge in [0.1, 0.15) is 6.10 Å². The second kappa shape index (κ2) is 9.85. The molecule has 0 saturated carbocycles. The molecule has 1 amide bonds. The molecule has 2 atom stereocenters. The van der Waals surface area contributed by atoms with Gasteiger partial charge >= 0.3 is 0 Å². The maximum Gasteiger partial charge on any atom is 0.246 e. The van der Waals surface area contributed by atoms with E-state index in [-0.39, 0.29) is 17.6 Å².